The van der Waals surface area contributed by atoms with Gasteiger partial charge in [-0.2, -0.15) is 5.10 Å². The number of benzene rings is 1. The highest BCUT2D eigenvalue weighted by Gasteiger charge is 2.15. The molecule has 0 radical (unpaired) electrons. The lowest BCUT2D eigenvalue weighted by Crippen LogP contribution is -1.99. The molecule has 0 spiro atoms. The van der Waals surface area contributed by atoms with Gasteiger partial charge in [-0.3, -0.25) is 4.68 Å². The third-order valence-corrected chi connectivity index (χ3v) is 3.48. The van der Waals surface area contributed by atoms with Crippen molar-refractivity contribution in [3.8, 4) is 22.6 Å². The summed E-state index contributed by atoms with van der Waals surface area (Å²) in [6.07, 6.45) is 1.67. The van der Waals surface area contributed by atoms with E-state index in [0.717, 1.165) is 11.3 Å². The first-order valence-electron chi connectivity index (χ1n) is 5.93. The number of rotatable bonds is 2. The molecule has 0 saturated heterocycles. The number of nitrogens with zero attached hydrogens (tertiary/aromatic N) is 4. The zero-order chi connectivity index (χ0) is 14.1. The van der Waals surface area contributed by atoms with Crippen molar-refractivity contribution in [3.05, 3.63) is 52.9 Å². The van der Waals surface area contributed by atoms with Gasteiger partial charge in [0, 0.05) is 13.2 Å². The average molecular weight is 305 g/mol. The molecule has 1 aromatic carbocycles. The van der Waals surface area contributed by atoms with E-state index in [4.69, 9.17) is 23.2 Å². The van der Waals surface area contributed by atoms with Gasteiger partial charge in [-0.05, 0) is 11.6 Å². The van der Waals surface area contributed by atoms with Gasteiger partial charge in [0.1, 0.15) is 16.0 Å². The third kappa shape index (κ3) is 2.28. The minimum Gasteiger partial charge on any atom is -0.265 e. The number of aryl methyl sites for hydroxylation is 1. The zero-order valence-corrected chi connectivity index (χ0v) is 12.1. The van der Waals surface area contributed by atoms with Gasteiger partial charge in [-0.25, -0.2) is 9.97 Å². The van der Waals surface area contributed by atoms with Gasteiger partial charge in [-0.1, -0.05) is 53.5 Å². The Morgan fingerprint density at radius 1 is 0.950 bits per heavy atom. The van der Waals surface area contributed by atoms with E-state index in [9.17, 15) is 0 Å². The van der Waals surface area contributed by atoms with Crippen molar-refractivity contribution in [2.24, 2.45) is 7.05 Å². The van der Waals surface area contributed by atoms with Gasteiger partial charge in [0.05, 0.1) is 5.56 Å². The monoisotopic (exact) mass is 304 g/mol. The van der Waals surface area contributed by atoms with E-state index in [2.05, 4.69) is 15.1 Å². The van der Waals surface area contributed by atoms with Crippen LogP contribution in [0.3, 0.4) is 0 Å². The van der Waals surface area contributed by atoms with Crippen LogP contribution in [-0.4, -0.2) is 19.7 Å². The maximum Gasteiger partial charge on any atom is 0.180 e. The fraction of sp³-hybridized carbons (Fsp3) is 0.0714. The lowest BCUT2D eigenvalue weighted by Gasteiger charge is -2.08. The van der Waals surface area contributed by atoms with Gasteiger partial charge in [-0.15, -0.1) is 0 Å². The highest BCUT2D eigenvalue weighted by molar-refractivity contribution is 6.37. The summed E-state index contributed by atoms with van der Waals surface area (Å²) in [6.45, 7) is 0. The van der Waals surface area contributed by atoms with Gasteiger partial charge in [0.15, 0.2) is 5.82 Å². The van der Waals surface area contributed by atoms with Gasteiger partial charge < -0.3 is 0 Å². The van der Waals surface area contributed by atoms with Crippen LogP contribution in [-0.2, 0) is 7.05 Å². The molecule has 20 heavy (non-hydrogen) atoms. The Balaban J connectivity index is 2.15. The highest BCUT2D eigenvalue weighted by atomic mass is 35.5. The topological polar surface area (TPSA) is 43.6 Å². The zero-order valence-electron chi connectivity index (χ0n) is 10.6. The molecular weight excluding hydrogens is 295 g/mol. The second-order valence-electron chi connectivity index (χ2n) is 4.21. The lowest BCUT2D eigenvalue weighted by atomic mass is 10.1. The molecule has 0 fully saturated rings. The maximum atomic E-state index is 6.27. The summed E-state index contributed by atoms with van der Waals surface area (Å²) >= 11 is 12.5. The summed E-state index contributed by atoms with van der Waals surface area (Å²) in [7, 11) is 1.81. The molecule has 2 heterocycles. The summed E-state index contributed by atoms with van der Waals surface area (Å²) < 4.78 is 1.67. The molecule has 2 aromatic heterocycles. The Labute approximate surface area is 126 Å². The van der Waals surface area contributed by atoms with E-state index >= 15 is 0 Å². The molecule has 0 amide bonds. The Hall–Kier alpha value is -1.91. The largest absolute Gasteiger partial charge is 0.265 e. The molecule has 3 rings (SSSR count). The van der Waals surface area contributed by atoms with Crippen LogP contribution in [0, 0.1) is 0 Å². The Morgan fingerprint density at radius 2 is 1.60 bits per heavy atom. The van der Waals surface area contributed by atoms with E-state index in [1.54, 1.807) is 10.9 Å². The van der Waals surface area contributed by atoms with Crippen LogP contribution in [0.25, 0.3) is 22.6 Å². The van der Waals surface area contributed by atoms with E-state index in [-0.39, 0.29) is 0 Å². The molecule has 3 aromatic rings. The summed E-state index contributed by atoms with van der Waals surface area (Å²) in [5.74, 6) is 0.458. The third-order valence-electron chi connectivity index (χ3n) is 2.93. The minimum absolute atomic E-state index is 0.326. The first-order chi connectivity index (χ1) is 9.66. The van der Waals surface area contributed by atoms with Crippen molar-refractivity contribution in [3.63, 3.8) is 0 Å². The molecule has 0 bridgehead atoms. The molecule has 0 aliphatic carbocycles. The number of aromatic nitrogens is 4. The van der Waals surface area contributed by atoms with Crippen LogP contribution in [0.2, 0.25) is 10.3 Å². The summed E-state index contributed by atoms with van der Waals surface area (Å²) in [6, 6.07) is 11.4. The molecule has 0 aliphatic heterocycles. The molecule has 4 nitrogen and oxygen atoms in total. The lowest BCUT2D eigenvalue weighted by molar-refractivity contribution is 0.770. The first kappa shape index (κ1) is 13.1. The predicted molar refractivity (Wildman–Crippen MR) is 79.7 cm³/mol. The second kappa shape index (κ2) is 5.23. The van der Waals surface area contributed by atoms with Gasteiger partial charge >= 0.3 is 0 Å². The maximum absolute atomic E-state index is 6.27. The SMILES string of the molecule is Cn1nccc1-c1nc(Cl)c(-c2ccccc2)c(Cl)n1. The van der Waals surface area contributed by atoms with Crippen LogP contribution in [0.4, 0.5) is 0 Å². The average Bonchev–Trinajstić information content (AvgIpc) is 2.85. The normalized spacial score (nSPS) is 10.8. The molecule has 0 saturated carbocycles. The van der Waals surface area contributed by atoms with Crippen molar-refractivity contribution in [2.45, 2.75) is 0 Å². The van der Waals surface area contributed by atoms with Crippen LogP contribution < -0.4 is 0 Å². The van der Waals surface area contributed by atoms with Gasteiger partial charge in [0.2, 0.25) is 0 Å². The Morgan fingerprint density at radius 3 is 2.15 bits per heavy atom. The molecule has 0 unspecified atom stereocenters. The Bertz CT molecular complexity index is 730. The van der Waals surface area contributed by atoms with Crippen LogP contribution in [0.15, 0.2) is 42.6 Å². The molecule has 0 atom stereocenters. The highest BCUT2D eigenvalue weighted by Crippen LogP contribution is 2.33. The van der Waals surface area contributed by atoms with Crippen molar-refractivity contribution >= 4 is 23.2 Å². The number of hydrogen-bond donors (Lipinski definition) is 0. The van der Waals surface area contributed by atoms with Gasteiger partial charge in [0.25, 0.3) is 0 Å². The van der Waals surface area contributed by atoms with Crippen molar-refractivity contribution in [2.75, 3.05) is 0 Å². The molecule has 0 aliphatic rings. The summed E-state index contributed by atoms with van der Waals surface area (Å²) in [4.78, 5) is 8.65. The summed E-state index contributed by atoms with van der Waals surface area (Å²) in [5.41, 5.74) is 2.28. The first-order valence-corrected chi connectivity index (χ1v) is 6.69. The van der Waals surface area contributed by atoms with Crippen molar-refractivity contribution in [1.29, 1.82) is 0 Å². The fourth-order valence-corrected chi connectivity index (χ4v) is 2.56. The van der Waals surface area contributed by atoms with Crippen molar-refractivity contribution in [1.82, 2.24) is 19.7 Å². The number of hydrogen-bond acceptors (Lipinski definition) is 3. The minimum atomic E-state index is 0.326. The van der Waals surface area contributed by atoms with Crippen LogP contribution in [0.5, 0.6) is 0 Å². The van der Waals surface area contributed by atoms with E-state index in [1.165, 1.54) is 0 Å². The smallest absolute Gasteiger partial charge is 0.180 e. The predicted octanol–water partition coefficient (Wildman–Crippen LogP) is 3.85. The van der Waals surface area contributed by atoms with Crippen LogP contribution >= 0.6 is 23.2 Å². The second-order valence-corrected chi connectivity index (χ2v) is 4.93. The van der Waals surface area contributed by atoms with Crippen LogP contribution in [0.1, 0.15) is 0 Å². The quantitative estimate of drug-likeness (QED) is 0.675. The molecule has 0 N–H and O–H groups in total. The number of halogens is 2. The van der Waals surface area contributed by atoms with E-state index in [0.29, 0.717) is 21.7 Å². The van der Waals surface area contributed by atoms with E-state index in [1.807, 2.05) is 43.4 Å². The fourth-order valence-electron chi connectivity index (χ4n) is 1.96. The van der Waals surface area contributed by atoms with E-state index < -0.39 is 0 Å². The molecule has 100 valence electrons. The van der Waals surface area contributed by atoms with Crippen molar-refractivity contribution < 1.29 is 0 Å². The standard InChI is InChI=1S/C14H10Cl2N4/c1-20-10(7-8-17-20)14-18-12(15)11(13(16)19-14)9-5-3-2-4-6-9/h2-8H,1H3. The molecular formula is C14H10Cl2N4. The molecule has 6 heteroatoms. The summed E-state index contributed by atoms with van der Waals surface area (Å²) in [5, 5.41) is 4.74. The Kier molecular flexibility index (Phi) is 3.42.